The van der Waals surface area contributed by atoms with E-state index in [4.69, 9.17) is 9.47 Å². The first kappa shape index (κ1) is 22.2. The zero-order valence-electron chi connectivity index (χ0n) is 15.7. The maximum atomic E-state index is 5.77. The van der Waals surface area contributed by atoms with E-state index in [1.807, 2.05) is 6.07 Å². The van der Waals surface area contributed by atoms with Crippen LogP contribution in [0.1, 0.15) is 38.2 Å². The highest BCUT2D eigenvalue weighted by Crippen LogP contribution is 2.23. The maximum Gasteiger partial charge on any atom is 0.191 e. The van der Waals surface area contributed by atoms with Gasteiger partial charge in [0.1, 0.15) is 0 Å². The van der Waals surface area contributed by atoms with E-state index < -0.39 is 0 Å². The molecule has 2 unspecified atom stereocenters. The third-order valence-corrected chi connectivity index (χ3v) is 5.08. The van der Waals surface area contributed by atoms with Gasteiger partial charge in [0.05, 0.1) is 5.60 Å². The molecule has 6 heteroatoms. The monoisotopic (exact) mass is 461 g/mol. The lowest BCUT2D eigenvalue weighted by atomic mass is 9.94. The molecule has 5 nitrogen and oxygen atoms in total. The molecule has 1 heterocycles. The van der Waals surface area contributed by atoms with Gasteiger partial charge in [0.2, 0.25) is 0 Å². The summed E-state index contributed by atoms with van der Waals surface area (Å²) < 4.78 is 11.2. The maximum absolute atomic E-state index is 5.77. The number of aliphatic imine (C=N–C) groups is 1. The Morgan fingerprint density at radius 2 is 1.88 bits per heavy atom. The summed E-state index contributed by atoms with van der Waals surface area (Å²) in [5.41, 5.74) is 1.16. The van der Waals surface area contributed by atoms with E-state index in [0.29, 0.717) is 5.92 Å². The van der Waals surface area contributed by atoms with Crippen molar-refractivity contribution >= 4 is 29.9 Å². The molecule has 0 amide bonds. The fourth-order valence-electron chi connectivity index (χ4n) is 3.02. The number of nitrogens with zero attached hydrogens (tertiary/aromatic N) is 1. The number of halogens is 1. The van der Waals surface area contributed by atoms with Crippen LogP contribution in [-0.2, 0) is 9.47 Å². The smallest absolute Gasteiger partial charge is 0.191 e. The Morgan fingerprint density at radius 1 is 1.24 bits per heavy atom. The van der Waals surface area contributed by atoms with E-state index in [9.17, 15) is 0 Å². The molecule has 2 rings (SSSR count). The molecule has 2 N–H and O–H groups in total. The van der Waals surface area contributed by atoms with Crippen molar-refractivity contribution < 1.29 is 9.47 Å². The van der Waals surface area contributed by atoms with Crippen LogP contribution >= 0.6 is 24.0 Å². The van der Waals surface area contributed by atoms with Crippen molar-refractivity contribution in [3.05, 3.63) is 35.9 Å². The van der Waals surface area contributed by atoms with Crippen LogP contribution in [0.5, 0.6) is 0 Å². The number of rotatable bonds is 6. The van der Waals surface area contributed by atoms with Gasteiger partial charge in [-0.25, -0.2) is 0 Å². The summed E-state index contributed by atoms with van der Waals surface area (Å²) in [4.78, 5) is 4.36. The summed E-state index contributed by atoms with van der Waals surface area (Å²) in [6, 6.07) is 10.8. The molecule has 142 valence electrons. The molecule has 1 saturated heterocycles. The van der Waals surface area contributed by atoms with Crippen LogP contribution in [0, 0.1) is 0 Å². The number of hydrogen-bond donors (Lipinski definition) is 2. The van der Waals surface area contributed by atoms with Gasteiger partial charge in [0, 0.05) is 58.7 Å². The Morgan fingerprint density at radius 3 is 2.44 bits per heavy atom. The van der Waals surface area contributed by atoms with Gasteiger partial charge in [-0.2, -0.15) is 0 Å². The summed E-state index contributed by atoms with van der Waals surface area (Å²) in [5.74, 6) is 1.21. The van der Waals surface area contributed by atoms with Crippen molar-refractivity contribution in [2.24, 2.45) is 4.99 Å². The van der Waals surface area contributed by atoms with Gasteiger partial charge in [0.25, 0.3) is 0 Å². The molecule has 0 radical (unpaired) electrons. The van der Waals surface area contributed by atoms with Gasteiger partial charge in [-0.1, -0.05) is 37.3 Å². The van der Waals surface area contributed by atoms with Gasteiger partial charge in [0.15, 0.2) is 5.96 Å². The number of nitrogens with one attached hydrogen (secondary N) is 2. The van der Waals surface area contributed by atoms with Gasteiger partial charge >= 0.3 is 0 Å². The molecule has 1 fully saturated rings. The van der Waals surface area contributed by atoms with Crippen molar-refractivity contribution in [2.75, 3.05) is 33.9 Å². The minimum absolute atomic E-state index is 0. The van der Waals surface area contributed by atoms with E-state index in [-0.39, 0.29) is 35.6 Å². The van der Waals surface area contributed by atoms with Gasteiger partial charge in [-0.15, -0.1) is 24.0 Å². The Bertz CT molecular complexity index is 519. The summed E-state index contributed by atoms with van der Waals surface area (Å²) in [7, 11) is 3.59. The van der Waals surface area contributed by atoms with Crippen LogP contribution in [0.4, 0.5) is 0 Å². The van der Waals surface area contributed by atoms with Gasteiger partial charge in [-0.3, -0.25) is 4.99 Å². The van der Waals surface area contributed by atoms with E-state index >= 15 is 0 Å². The first-order chi connectivity index (χ1) is 11.6. The molecule has 0 spiro atoms. The summed E-state index contributed by atoms with van der Waals surface area (Å²) in [5, 5.41) is 6.92. The Balaban J connectivity index is 0.00000312. The van der Waals surface area contributed by atoms with E-state index in [2.05, 4.69) is 53.7 Å². The van der Waals surface area contributed by atoms with Crippen LogP contribution < -0.4 is 10.6 Å². The highest BCUT2D eigenvalue weighted by atomic mass is 127. The standard InChI is InChI=1S/C19H31N3O2.HI/c1-15(17-8-6-5-7-9-17)16(2)22-18(20-3)21-14-19(23-4)10-12-24-13-11-19;/h5-9,15-16H,10-14H2,1-4H3,(H2,20,21,22);1H. The molecule has 1 aliphatic heterocycles. The predicted octanol–water partition coefficient (Wildman–Crippen LogP) is 3.16. The van der Waals surface area contributed by atoms with Crippen molar-refractivity contribution in [1.29, 1.82) is 0 Å². The van der Waals surface area contributed by atoms with Crippen LogP contribution in [0.15, 0.2) is 35.3 Å². The fraction of sp³-hybridized carbons (Fsp3) is 0.632. The Labute approximate surface area is 169 Å². The van der Waals surface area contributed by atoms with Crippen molar-refractivity contribution in [3.8, 4) is 0 Å². The SMILES string of the molecule is CN=C(NCC1(OC)CCOCC1)NC(C)C(C)c1ccccc1.I. The van der Waals surface area contributed by atoms with Crippen LogP contribution in [0.25, 0.3) is 0 Å². The lowest BCUT2D eigenvalue weighted by Gasteiger charge is -2.36. The minimum Gasteiger partial charge on any atom is -0.381 e. The molecular formula is C19H32IN3O2. The van der Waals surface area contributed by atoms with Crippen LogP contribution in [0.2, 0.25) is 0 Å². The van der Waals surface area contributed by atoms with Crippen molar-refractivity contribution in [2.45, 2.75) is 44.2 Å². The molecule has 0 saturated carbocycles. The largest absolute Gasteiger partial charge is 0.381 e. The molecule has 0 bridgehead atoms. The first-order valence-electron chi connectivity index (χ1n) is 8.75. The summed E-state index contributed by atoms with van der Waals surface area (Å²) in [6.45, 7) is 6.66. The Hall–Kier alpha value is -0.860. The first-order valence-corrected chi connectivity index (χ1v) is 8.75. The van der Waals surface area contributed by atoms with E-state index in [0.717, 1.165) is 38.6 Å². The molecule has 25 heavy (non-hydrogen) atoms. The lowest BCUT2D eigenvalue weighted by Crippen LogP contribution is -2.52. The number of ether oxygens (including phenoxy) is 2. The van der Waals surface area contributed by atoms with Crippen LogP contribution in [-0.4, -0.2) is 51.5 Å². The molecular weight excluding hydrogens is 429 g/mol. The second-order valence-electron chi connectivity index (χ2n) is 6.56. The average molecular weight is 461 g/mol. The fourth-order valence-corrected chi connectivity index (χ4v) is 3.02. The topological polar surface area (TPSA) is 54.9 Å². The molecule has 0 aromatic heterocycles. The molecule has 0 aliphatic carbocycles. The average Bonchev–Trinajstić information content (AvgIpc) is 2.65. The second-order valence-corrected chi connectivity index (χ2v) is 6.56. The highest BCUT2D eigenvalue weighted by molar-refractivity contribution is 14.0. The summed E-state index contributed by atoms with van der Waals surface area (Å²) >= 11 is 0. The lowest BCUT2D eigenvalue weighted by molar-refractivity contribution is -0.0855. The number of benzene rings is 1. The second kappa shape index (κ2) is 11.0. The zero-order valence-corrected chi connectivity index (χ0v) is 18.1. The highest BCUT2D eigenvalue weighted by Gasteiger charge is 2.32. The third-order valence-electron chi connectivity index (χ3n) is 5.08. The molecule has 2 atom stereocenters. The number of guanidine groups is 1. The quantitative estimate of drug-likeness (QED) is 0.388. The van der Waals surface area contributed by atoms with E-state index in [1.54, 1.807) is 14.2 Å². The van der Waals surface area contributed by atoms with Crippen LogP contribution in [0.3, 0.4) is 0 Å². The summed E-state index contributed by atoms with van der Waals surface area (Å²) in [6.07, 6.45) is 1.81. The third kappa shape index (κ3) is 6.42. The van der Waals surface area contributed by atoms with E-state index in [1.165, 1.54) is 5.56 Å². The van der Waals surface area contributed by atoms with Crippen molar-refractivity contribution in [1.82, 2.24) is 10.6 Å². The molecule has 1 aliphatic rings. The van der Waals surface area contributed by atoms with Gasteiger partial charge in [-0.05, 0) is 12.5 Å². The molecule has 1 aromatic carbocycles. The van der Waals surface area contributed by atoms with Crippen molar-refractivity contribution in [3.63, 3.8) is 0 Å². The number of methoxy groups -OCH3 is 1. The zero-order chi connectivity index (χ0) is 17.4. The minimum atomic E-state index is -0.163. The predicted molar refractivity (Wildman–Crippen MR) is 114 cm³/mol. The molecule has 1 aromatic rings. The number of hydrogen-bond acceptors (Lipinski definition) is 3. The normalized spacial score (nSPS) is 19.4. The van der Waals surface area contributed by atoms with Gasteiger partial charge < -0.3 is 20.1 Å². The Kier molecular flexibility index (Phi) is 9.74.